The Morgan fingerprint density at radius 2 is 2.04 bits per heavy atom. The molecule has 126 valence electrons. The van der Waals surface area contributed by atoms with E-state index < -0.39 is 0 Å². The molecule has 2 heterocycles. The first-order valence-electron chi connectivity index (χ1n) is 8.06. The molecule has 1 atom stereocenters. The second-order valence-corrected chi connectivity index (χ2v) is 8.24. The van der Waals surface area contributed by atoms with E-state index in [0.29, 0.717) is 6.04 Å². The topological polar surface area (TPSA) is 12.5 Å². The van der Waals surface area contributed by atoms with E-state index in [2.05, 4.69) is 46.9 Å². The average Bonchev–Trinajstić information content (AvgIpc) is 3.20. The molecule has 2 aromatic rings. The molecule has 5 heteroatoms. The summed E-state index contributed by atoms with van der Waals surface area (Å²) >= 11 is 9.16. The molecule has 1 aliphatic heterocycles. The Morgan fingerprint density at radius 3 is 2.67 bits per heavy atom. The Bertz CT molecular complexity index is 707. The van der Waals surface area contributed by atoms with Crippen molar-refractivity contribution in [3.05, 3.63) is 57.1 Å². The molecular weight excluding hydrogens is 354 g/mol. The van der Waals surface area contributed by atoms with Crippen LogP contribution in [-0.4, -0.2) is 22.4 Å². The zero-order chi connectivity index (χ0) is 16.9. The van der Waals surface area contributed by atoms with Gasteiger partial charge in [-0.1, -0.05) is 49.5 Å². The van der Waals surface area contributed by atoms with Crippen LogP contribution in [0.5, 0.6) is 5.75 Å². The maximum atomic E-state index is 5.68. The third-order valence-electron chi connectivity index (χ3n) is 4.07. The van der Waals surface area contributed by atoms with Gasteiger partial charge >= 0.3 is 0 Å². The Balaban J connectivity index is 1.81. The van der Waals surface area contributed by atoms with Crippen LogP contribution in [0.3, 0.4) is 0 Å². The smallest absolute Gasteiger partial charge is 0.141 e. The van der Waals surface area contributed by atoms with Crippen LogP contribution >= 0.6 is 35.3 Å². The van der Waals surface area contributed by atoms with Gasteiger partial charge in [0.05, 0.1) is 13.2 Å². The average molecular weight is 376 g/mol. The molecule has 1 aromatic heterocycles. The van der Waals surface area contributed by atoms with E-state index in [9.17, 15) is 0 Å². The zero-order valence-electron chi connectivity index (χ0n) is 13.9. The number of ether oxygens (including phenoxy) is 1. The molecule has 0 amide bonds. The molecule has 1 aromatic carbocycles. The SMILES string of the molecule is CCCC1/C(=C/c2ccsc2)SC(=S)N1Cc1ccc(OC)cc1. The number of hydrogen-bond acceptors (Lipinski definition) is 4. The second kappa shape index (κ2) is 8.19. The maximum absolute atomic E-state index is 5.68. The van der Waals surface area contributed by atoms with Crippen molar-refractivity contribution < 1.29 is 4.74 Å². The van der Waals surface area contributed by atoms with Crippen LogP contribution in [0, 0.1) is 0 Å². The minimum Gasteiger partial charge on any atom is -0.497 e. The van der Waals surface area contributed by atoms with Gasteiger partial charge in [-0.05, 0) is 52.6 Å². The Labute approximate surface area is 157 Å². The van der Waals surface area contributed by atoms with Gasteiger partial charge in [0.1, 0.15) is 10.1 Å². The van der Waals surface area contributed by atoms with Crippen molar-refractivity contribution in [1.82, 2.24) is 4.90 Å². The Kier molecular flexibility index (Phi) is 5.98. The summed E-state index contributed by atoms with van der Waals surface area (Å²) in [4.78, 5) is 3.73. The third-order valence-corrected chi connectivity index (χ3v) is 6.29. The molecule has 3 rings (SSSR count). The van der Waals surface area contributed by atoms with Crippen LogP contribution in [0.1, 0.15) is 30.9 Å². The summed E-state index contributed by atoms with van der Waals surface area (Å²) in [5.41, 5.74) is 2.54. The lowest BCUT2D eigenvalue weighted by molar-refractivity contribution is 0.348. The van der Waals surface area contributed by atoms with Gasteiger partial charge in [0, 0.05) is 11.4 Å². The number of benzene rings is 1. The number of hydrogen-bond donors (Lipinski definition) is 0. The summed E-state index contributed by atoms with van der Waals surface area (Å²) < 4.78 is 6.22. The van der Waals surface area contributed by atoms with E-state index in [0.717, 1.165) is 29.5 Å². The molecule has 1 unspecified atom stereocenters. The van der Waals surface area contributed by atoms with Crippen molar-refractivity contribution in [2.24, 2.45) is 0 Å². The summed E-state index contributed by atoms with van der Waals surface area (Å²) in [5, 5.41) is 4.31. The first-order chi connectivity index (χ1) is 11.7. The maximum Gasteiger partial charge on any atom is 0.141 e. The van der Waals surface area contributed by atoms with Crippen molar-refractivity contribution in [3.63, 3.8) is 0 Å². The van der Waals surface area contributed by atoms with Crippen molar-refractivity contribution in [2.45, 2.75) is 32.4 Å². The lowest BCUT2D eigenvalue weighted by Gasteiger charge is -2.26. The van der Waals surface area contributed by atoms with Crippen molar-refractivity contribution in [3.8, 4) is 5.75 Å². The quantitative estimate of drug-likeness (QED) is 0.591. The molecule has 0 saturated carbocycles. The zero-order valence-corrected chi connectivity index (χ0v) is 16.3. The van der Waals surface area contributed by atoms with Gasteiger partial charge in [0.25, 0.3) is 0 Å². The minimum atomic E-state index is 0.384. The fourth-order valence-corrected chi connectivity index (χ4v) is 5.01. The molecule has 24 heavy (non-hydrogen) atoms. The summed E-state index contributed by atoms with van der Waals surface area (Å²) in [5.74, 6) is 0.889. The van der Waals surface area contributed by atoms with E-state index in [4.69, 9.17) is 17.0 Å². The van der Waals surface area contributed by atoms with Crippen molar-refractivity contribution >= 4 is 45.7 Å². The highest BCUT2D eigenvalue weighted by molar-refractivity contribution is 8.26. The molecule has 0 radical (unpaired) electrons. The van der Waals surface area contributed by atoms with E-state index in [1.807, 2.05) is 12.1 Å². The molecule has 1 saturated heterocycles. The molecule has 2 nitrogen and oxygen atoms in total. The van der Waals surface area contributed by atoms with E-state index in [1.165, 1.54) is 16.0 Å². The van der Waals surface area contributed by atoms with Crippen molar-refractivity contribution in [2.75, 3.05) is 7.11 Å². The van der Waals surface area contributed by atoms with Gasteiger partial charge in [0.15, 0.2) is 0 Å². The summed E-state index contributed by atoms with van der Waals surface area (Å²) in [6, 6.07) is 10.8. The third kappa shape index (κ3) is 4.02. The van der Waals surface area contributed by atoms with Crippen LogP contribution in [-0.2, 0) is 6.54 Å². The van der Waals surface area contributed by atoms with E-state index in [1.54, 1.807) is 30.2 Å². The first kappa shape index (κ1) is 17.5. The van der Waals surface area contributed by atoms with Crippen LogP contribution in [0.4, 0.5) is 0 Å². The fraction of sp³-hybridized carbons (Fsp3) is 0.316. The van der Waals surface area contributed by atoms with Crippen LogP contribution < -0.4 is 4.74 Å². The van der Waals surface area contributed by atoms with Gasteiger partial charge in [0.2, 0.25) is 0 Å². The number of nitrogens with zero attached hydrogens (tertiary/aromatic N) is 1. The standard InChI is InChI=1S/C19H21NOS3/c1-3-4-17-18(11-15-9-10-23-13-15)24-19(22)20(17)12-14-5-7-16(21-2)8-6-14/h5-11,13,17H,3-4,12H2,1-2H3/b18-11-. The molecule has 0 aliphatic carbocycles. The Morgan fingerprint density at radius 1 is 1.25 bits per heavy atom. The summed E-state index contributed by atoms with van der Waals surface area (Å²) in [7, 11) is 1.69. The van der Waals surface area contributed by atoms with Crippen LogP contribution in [0.2, 0.25) is 0 Å². The number of thiocarbonyl (C=S) groups is 1. The van der Waals surface area contributed by atoms with Crippen LogP contribution in [0.15, 0.2) is 46.0 Å². The highest BCUT2D eigenvalue weighted by Crippen LogP contribution is 2.40. The second-order valence-electron chi connectivity index (χ2n) is 5.75. The normalized spacial score (nSPS) is 19.2. The number of thiophene rings is 1. The van der Waals surface area contributed by atoms with Gasteiger partial charge in [-0.15, -0.1) is 0 Å². The summed E-state index contributed by atoms with van der Waals surface area (Å²) in [6.07, 6.45) is 4.56. The molecule has 1 fully saturated rings. The van der Waals surface area contributed by atoms with E-state index >= 15 is 0 Å². The lowest BCUT2D eigenvalue weighted by Crippen LogP contribution is -2.31. The van der Waals surface area contributed by atoms with Crippen molar-refractivity contribution in [1.29, 1.82) is 0 Å². The number of thioether (sulfide) groups is 1. The number of methoxy groups -OCH3 is 1. The largest absolute Gasteiger partial charge is 0.497 e. The van der Waals surface area contributed by atoms with Gasteiger partial charge < -0.3 is 9.64 Å². The van der Waals surface area contributed by atoms with E-state index in [-0.39, 0.29) is 0 Å². The lowest BCUT2D eigenvalue weighted by atomic mass is 10.1. The molecule has 0 N–H and O–H groups in total. The van der Waals surface area contributed by atoms with Gasteiger partial charge in [-0.25, -0.2) is 0 Å². The molecule has 0 bridgehead atoms. The molecule has 1 aliphatic rings. The minimum absolute atomic E-state index is 0.384. The first-order valence-corrected chi connectivity index (χ1v) is 10.2. The monoisotopic (exact) mass is 375 g/mol. The van der Waals surface area contributed by atoms with Gasteiger partial charge in [-0.3, -0.25) is 0 Å². The number of rotatable bonds is 6. The highest BCUT2D eigenvalue weighted by atomic mass is 32.2. The molecule has 0 spiro atoms. The molecular formula is C19H21NOS3. The van der Waals surface area contributed by atoms with Crippen LogP contribution in [0.25, 0.3) is 6.08 Å². The summed E-state index contributed by atoms with van der Waals surface area (Å²) in [6.45, 7) is 3.08. The Hall–Kier alpha value is -1.30. The van der Waals surface area contributed by atoms with Gasteiger partial charge in [-0.2, -0.15) is 11.3 Å². The highest BCUT2D eigenvalue weighted by Gasteiger charge is 2.32. The fourth-order valence-electron chi connectivity index (χ4n) is 2.83. The predicted octanol–water partition coefficient (Wildman–Crippen LogP) is 5.80. The predicted molar refractivity (Wildman–Crippen MR) is 110 cm³/mol.